The third-order valence-electron chi connectivity index (χ3n) is 3.51. The van der Waals surface area contributed by atoms with Crippen molar-refractivity contribution < 1.29 is 4.74 Å². The smallest absolute Gasteiger partial charge is 0.125 e. The number of rotatable bonds is 6. The van der Waals surface area contributed by atoms with Gasteiger partial charge in [0, 0.05) is 12.6 Å². The minimum Gasteiger partial charge on any atom is -0.492 e. The van der Waals surface area contributed by atoms with Gasteiger partial charge >= 0.3 is 0 Å². The Balaban J connectivity index is 1.80. The van der Waals surface area contributed by atoms with Gasteiger partial charge in [0.2, 0.25) is 0 Å². The lowest BCUT2D eigenvalue weighted by molar-refractivity contribution is 0.304. The molecule has 0 saturated heterocycles. The van der Waals surface area contributed by atoms with Gasteiger partial charge in [0.25, 0.3) is 0 Å². The molecule has 0 saturated carbocycles. The molecule has 2 aromatic rings. The zero-order valence-corrected chi connectivity index (χ0v) is 12.5. The summed E-state index contributed by atoms with van der Waals surface area (Å²) >= 11 is 0. The van der Waals surface area contributed by atoms with Gasteiger partial charge in [-0.2, -0.15) is 0 Å². The average molecular weight is 269 g/mol. The van der Waals surface area contributed by atoms with Crippen molar-refractivity contribution in [2.45, 2.75) is 26.8 Å². The van der Waals surface area contributed by atoms with Gasteiger partial charge in [0.05, 0.1) is 0 Å². The molecule has 0 aliphatic heterocycles. The van der Waals surface area contributed by atoms with Gasteiger partial charge in [0.1, 0.15) is 12.4 Å². The van der Waals surface area contributed by atoms with Crippen molar-refractivity contribution >= 4 is 0 Å². The van der Waals surface area contributed by atoms with Crippen LogP contribution >= 0.6 is 0 Å². The largest absolute Gasteiger partial charge is 0.492 e. The second-order valence-electron chi connectivity index (χ2n) is 5.16. The van der Waals surface area contributed by atoms with Crippen LogP contribution in [0.5, 0.6) is 5.75 Å². The number of ether oxygens (including phenoxy) is 1. The summed E-state index contributed by atoms with van der Waals surface area (Å²) in [6.45, 7) is 7.87. The van der Waals surface area contributed by atoms with Gasteiger partial charge in [-0.25, -0.2) is 0 Å². The van der Waals surface area contributed by atoms with E-state index in [1.807, 2.05) is 6.07 Å². The summed E-state index contributed by atoms with van der Waals surface area (Å²) in [7, 11) is 0. The first-order valence-corrected chi connectivity index (χ1v) is 7.16. The van der Waals surface area contributed by atoms with Gasteiger partial charge in [-0.15, -0.1) is 0 Å². The molecule has 1 atom stereocenters. The van der Waals surface area contributed by atoms with E-state index in [1.54, 1.807) is 0 Å². The second-order valence-corrected chi connectivity index (χ2v) is 5.16. The molecule has 106 valence electrons. The molecule has 1 N–H and O–H groups in total. The van der Waals surface area contributed by atoms with E-state index in [4.69, 9.17) is 4.74 Å². The molecule has 0 radical (unpaired) electrons. The number of hydrogen-bond donors (Lipinski definition) is 1. The standard InChI is InChI=1S/C18H23NO/c1-14-8-7-9-15(2)18(14)20-13-12-19-16(3)17-10-5-4-6-11-17/h4-11,16,19H,12-13H2,1-3H3. The Hall–Kier alpha value is -1.80. The number of para-hydroxylation sites is 1. The van der Waals surface area contributed by atoms with Crippen LogP contribution in [0.2, 0.25) is 0 Å². The Morgan fingerprint density at radius 2 is 1.60 bits per heavy atom. The van der Waals surface area contributed by atoms with Gasteiger partial charge in [-0.3, -0.25) is 0 Å². The van der Waals surface area contributed by atoms with Crippen molar-refractivity contribution in [3.63, 3.8) is 0 Å². The molecule has 0 bridgehead atoms. The molecular formula is C18H23NO. The Labute approximate surface area is 121 Å². The highest BCUT2D eigenvalue weighted by Crippen LogP contribution is 2.22. The minimum atomic E-state index is 0.345. The van der Waals surface area contributed by atoms with Gasteiger partial charge in [-0.1, -0.05) is 48.5 Å². The molecule has 2 aromatic carbocycles. The maximum atomic E-state index is 5.89. The molecule has 0 heterocycles. The Morgan fingerprint density at radius 1 is 0.950 bits per heavy atom. The van der Waals surface area contributed by atoms with Crippen molar-refractivity contribution in [3.05, 3.63) is 65.2 Å². The SMILES string of the molecule is Cc1cccc(C)c1OCCNC(C)c1ccccc1. The summed E-state index contributed by atoms with van der Waals surface area (Å²) in [5.41, 5.74) is 3.70. The van der Waals surface area contributed by atoms with Crippen LogP contribution in [0.3, 0.4) is 0 Å². The molecule has 0 spiro atoms. The van der Waals surface area contributed by atoms with E-state index >= 15 is 0 Å². The van der Waals surface area contributed by atoms with E-state index in [0.717, 1.165) is 12.3 Å². The fraction of sp³-hybridized carbons (Fsp3) is 0.333. The monoisotopic (exact) mass is 269 g/mol. The number of hydrogen-bond acceptors (Lipinski definition) is 2. The predicted molar refractivity (Wildman–Crippen MR) is 84.3 cm³/mol. The summed E-state index contributed by atoms with van der Waals surface area (Å²) in [5, 5.41) is 3.48. The van der Waals surface area contributed by atoms with Crippen molar-refractivity contribution in [2.75, 3.05) is 13.2 Å². The molecule has 0 amide bonds. The lowest BCUT2D eigenvalue weighted by atomic mass is 10.1. The van der Waals surface area contributed by atoms with Crippen LogP contribution in [0, 0.1) is 13.8 Å². The van der Waals surface area contributed by atoms with Crippen LogP contribution in [0.4, 0.5) is 0 Å². The van der Waals surface area contributed by atoms with Crippen LogP contribution in [0.25, 0.3) is 0 Å². The molecule has 0 aliphatic carbocycles. The van der Waals surface area contributed by atoms with Crippen molar-refractivity contribution in [3.8, 4) is 5.75 Å². The molecule has 0 aromatic heterocycles. The first-order valence-electron chi connectivity index (χ1n) is 7.16. The lowest BCUT2D eigenvalue weighted by Gasteiger charge is -2.16. The molecule has 2 rings (SSSR count). The van der Waals surface area contributed by atoms with Crippen molar-refractivity contribution in [2.24, 2.45) is 0 Å². The third kappa shape index (κ3) is 3.84. The highest BCUT2D eigenvalue weighted by molar-refractivity contribution is 5.39. The minimum absolute atomic E-state index is 0.345. The van der Waals surface area contributed by atoms with Crippen LogP contribution in [-0.2, 0) is 0 Å². The van der Waals surface area contributed by atoms with E-state index in [1.165, 1.54) is 16.7 Å². The third-order valence-corrected chi connectivity index (χ3v) is 3.51. The van der Waals surface area contributed by atoms with Gasteiger partial charge in [-0.05, 0) is 37.5 Å². The summed E-state index contributed by atoms with van der Waals surface area (Å²) in [6.07, 6.45) is 0. The first kappa shape index (κ1) is 14.6. The maximum Gasteiger partial charge on any atom is 0.125 e. The Kier molecular flexibility index (Phi) is 5.19. The molecule has 1 unspecified atom stereocenters. The second kappa shape index (κ2) is 7.11. The zero-order chi connectivity index (χ0) is 14.4. The highest BCUT2D eigenvalue weighted by atomic mass is 16.5. The van der Waals surface area contributed by atoms with Crippen molar-refractivity contribution in [1.29, 1.82) is 0 Å². The van der Waals surface area contributed by atoms with E-state index in [2.05, 4.69) is 68.6 Å². The number of aryl methyl sites for hydroxylation is 2. The van der Waals surface area contributed by atoms with Crippen LogP contribution in [-0.4, -0.2) is 13.2 Å². The number of nitrogens with one attached hydrogen (secondary N) is 1. The normalized spacial score (nSPS) is 12.2. The molecular weight excluding hydrogens is 246 g/mol. The summed E-state index contributed by atoms with van der Waals surface area (Å²) < 4.78 is 5.89. The van der Waals surface area contributed by atoms with Gasteiger partial charge < -0.3 is 10.1 Å². The van der Waals surface area contributed by atoms with Crippen LogP contribution in [0.15, 0.2) is 48.5 Å². The quantitative estimate of drug-likeness (QED) is 0.799. The summed E-state index contributed by atoms with van der Waals surface area (Å²) in [6, 6.07) is 17.0. The Morgan fingerprint density at radius 3 is 2.25 bits per heavy atom. The maximum absolute atomic E-state index is 5.89. The molecule has 2 nitrogen and oxygen atoms in total. The summed E-state index contributed by atoms with van der Waals surface area (Å²) in [5.74, 6) is 1.02. The first-order chi connectivity index (χ1) is 9.68. The molecule has 20 heavy (non-hydrogen) atoms. The fourth-order valence-corrected chi connectivity index (χ4v) is 2.31. The van der Waals surface area contributed by atoms with E-state index in [-0.39, 0.29) is 0 Å². The Bertz CT molecular complexity index is 516. The highest BCUT2D eigenvalue weighted by Gasteiger charge is 2.05. The zero-order valence-electron chi connectivity index (χ0n) is 12.5. The van der Waals surface area contributed by atoms with Gasteiger partial charge in [0.15, 0.2) is 0 Å². The molecule has 2 heteroatoms. The van der Waals surface area contributed by atoms with Crippen LogP contribution in [0.1, 0.15) is 29.7 Å². The van der Waals surface area contributed by atoms with E-state index in [9.17, 15) is 0 Å². The van der Waals surface area contributed by atoms with Crippen molar-refractivity contribution in [1.82, 2.24) is 5.32 Å². The molecule has 0 aliphatic rings. The molecule has 0 fully saturated rings. The van der Waals surface area contributed by atoms with Crippen LogP contribution < -0.4 is 10.1 Å². The number of benzene rings is 2. The topological polar surface area (TPSA) is 21.3 Å². The predicted octanol–water partition coefficient (Wildman–Crippen LogP) is 4.03. The summed E-state index contributed by atoms with van der Waals surface area (Å²) in [4.78, 5) is 0. The fourth-order valence-electron chi connectivity index (χ4n) is 2.31. The lowest BCUT2D eigenvalue weighted by Crippen LogP contribution is -2.24. The van der Waals surface area contributed by atoms with E-state index < -0.39 is 0 Å². The van der Waals surface area contributed by atoms with E-state index in [0.29, 0.717) is 12.6 Å². The average Bonchev–Trinajstić information content (AvgIpc) is 2.46.